The van der Waals surface area contributed by atoms with E-state index in [1.165, 1.54) is 13.3 Å². The molecule has 0 saturated heterocycles. The summed E-state index contributed by atoms with van der Waals surface area (Å²) >= 11 is 0. The van der Waals surface area contributed by atoms with Crippen LogP contribution in [0.3, 0.4) is 0 Å². The van der Waals surface area contributed by atoms with Crippen LogP contribution in [0.2, 0.25) is 0 Å². The van der Waals surface area contributed by atoms with Crippen LogP contribution in [0.15, 0.2) is 61.2 Å². The highest BCUT2D eigenvalue weighted by Crippen LogP contribution is 2.20. The highest BCUT2D eigenvalue weighted by Gasteiger charge is 2.02. The summed E-state index contributed by atoms with van der Waals surface area (Å²) in [6.45, 7) is 2.10. The molecule has 3 aromatic rings. The topological polar surface area (TPSA) is 91.8 Å². The van der Waals surface area contributed by atoms with Crippen molar-refractivity contribution in [3.05, 3.63) is 66.7 Å². The number of nitrogens with zero attached hydrogens (tertiary/aromatic N) is 3. The fourth-order valence-corrected chi connectivity index (χ4v) is 2.24. The van der Waals surface area contributed by atoms with Crippen molar-refractivity contribution in [2.45, 2.75) is 13.5 Å². The predicted octanol–water partition coefficient (Wildman–Crippen LogP) is 3.19. The fraction of sp³-hybridized carbons (Fsp3) is 0.111. The average Bonchev–Trinajstić information content (AvgIpc) is 2.61. The molecule has 0 spiro atoms. The second-order valence-corrected chi connectivity index (χ2v) is 5.39. The summed E-state index contributed by atoms with van der Waals surface area (Å²) in [6, 6.07) is 13.1. The maximum Gasteiger partial charge on any atom is 0.221 e. The molecule has 0 fully saturated rings. The van der Waals surface area contributed by atoms with Gasteiger partial charge in [0, 0.05) is 43.3 Å². The molecule has 7 nitrogen and oxygen atoms in total. The molecule has 7 heteroatoms. The molecule has 3 N–H and O–H groups in total. The van der Waals surface area contributed by atoms with E-state index in [2.05, 4.69) is 30.9 Å². The van der Waals surface area contributed by atoms with Crippen LogP contribution in [0, 0.1) is 0 Å². The van der Waals surface area contributed by atoms with E-state index in [1.807, 2.05) is 42.5 Å². The van der Waals surface area contributed by atoms with Crippen LogP contribution >= 0.6 is 0 Å². The lowest BCUT2D eigenvalue weighted by atomic mass is 10.2. The van der Waals surface area contributed by atoms with Crippen LogP contribution < -0.4 is 16.0 Å². The summed E-state index contributed by atoms with van der Waals surface area (Å²) in [5.41, 5.74) is 2.61. The Morgan fingerprint density at radius 1 is 1.04 bits per heavy atom. The van der Waals surface area contributed by atoms with Crippen molar-refractivity contribution in [2.75, 3.05) is 16.0 Å². The number of carbonyl (C=O) groups is 1. The van der Waals surface area contributed by atoms with E-state index in [9.17, 15) is 4.79 Å². The first-order chi connectivity index (χ1) is 12.2. The first kappa shape index (κ1) is 16.4. The van der Waals surface area contributed by atoms with Crippen LogP contribution in [0.1, 0.15) is 12.5 Å². The zero-order chi connectivity index (χ0) is 17.5. The van der Waals surface area contributed by atoms with Crippen molar-refractivity contribution in [2.24, 2.45) is 0 Å². The van der Waals surface area contributed by atoms with E-state index in [0.717, 1.165) is 16.9 Å². The normalized spacial score (nSPS) is 10.1. The number of hydrogen-bond donors (Lipinski definition) is 3. The minimum atomic E-state index is -0.110. The van der Waals surface area contributed by atoms with Crippen molar-refractivity contribution in [1.29, 1.82) is 0 Å². The molecule has 1 aromatic carbocycles. The van der Waals surface area contributed by atoms with E-state index in [-0.39, 0.29) is 5.91 Å². The quantitative estimate of drug-likeness (QED) is 0.641. The second-order valence-electron chi connectivity index (χ2n) is 5.39. The molecule has 0 bridgehead atoms. The fourth-order valence-electron chi connectivity index (χ4n) is 2.24. The van der Waals surface area contributed by atoms with E-state index >= 15 is 0 Å². The summed E-state index contributed by atoms with van der Waals surface area (Å²) in [7, 11) is 0. The van der Waals surface area contributed by atoms with Gasteiger partial charge in [-0.25, -0.2) is 9.97 Å². The van der Waals surface area contributed by atoms with Crippen molar-refractivity contribution in [3.63, 3.8) is 0 Å². The number of anilines is 4. The molecule has 0 atom stereocenters. The Morgan fingerprint density at radius 2 is 1.88 bits per heavy atom. The molecule has 1 amide bonds. The third-order valence-corrected chi connectivity index (χ3v) is 3.32. The standard InChI is InChI=1S/C18H18N6O/c1-13(25)23-15-5-2-6-16(8-15)24-18-9-17(21-12-22-18)20-11-14-4-3-7-19-10-14/h2-10,12H,11H2,1H3,(H,23,25)(H2,20,21,22,24). The maximum absolute atomic E-state index is 11.2. The van der Waals surface area contributed by atoms with Gasteiger partial charge in [0.1, 0.15) is 18.0 Å². The van der Waals surface area contributed by atoms with Gasteiger partial charge in [-0.1, -0.05) is 12.1 Å². The SMILES string of the molecule is CC(=O)Nc1cccc(Nc2cc(NCc3cccnc3)ncn2)c1. The first-order valence-electron chi connectivity index (χ1n) is 7.78. The molecule has 25 heavy (non-hydrogen) atoms. The second kappa shape index (κ2) is 7.87. The number of benzene rings is 1. The zero-order valence-corrected chi connectivity index (χ0v) is 13.7. The molecule has 0 unspecified atom stereocenters. The summed E-state index contributed by atoms with van der Waals surface area (Å²) < 4.78 is 0. The van der Waals surface area contributed by atoms with Crippen molar-refractivity contribution in [3.8, 4) is 0 Å². The first-order valence-corrected chi connectivity index (χ1v) is 7.78. The largest absolute Gasteiger partial charge is 0.366 e. The van der Waals surface area contributed by atoms with Gasteiger partial charge in [0.15, 0.2) is 0 Å². The van der Waals surface area contributed by atoms with Gasteiger partial charge in [-0.2, -0.15) is 0 Å². The Hall–Kier alpha value is -3.48. The van der Waals surface area contributed by atoms with E-state index in [4.69, 9.17) is 0 Å². The third-order valence-electron chi connectivity index (χ3n) is 3.32. The van der Waals surface area contributed by atoms with Gasteiger partial charge in [0.05, 0.1) is 0 Å². The number of rotatable bonds is 6. The molecular weight excluding hydrogens is 316 g/mol. The third kappa shape index (κ3) is 5.00. The van der Waals surface area contributed by atoms with Crippen LogP contribution in [0.25, 0.3) is 0 Å². The summed E-state index contributed by atoms with van der Waals surface area (Å²) in [5.74, 6) is 1.25. The molecule has 2 aromatic heterocycles. The van der Waals surface area contributed by atoms with Gasteiger partial charge in [0.25, 0.3) is 0 Å². The molecule has 2 heterocycles. The Balaban J connectivity index is 1.66. The molecule has 0 radical (unpaired) electrons. The lowest BCUT2D eigenvalue weighted by Crippen LogP contribution is -2.06. The Morgan fingerprint density at radius 3 is 2.68 bits per heavy atom. The molecule has 0 aliphatic carbocycles. The van der Waals surface area contributed by atoms with Crippen LogP contribution in [0.5, 0.6) is 0 Å². The lowest BCUT2D eigenvalue weighted by molar-refractivity contribution is -0.114. The number of amides is 1. The monoisotopic (exact) mass is 334 g/mol. The molecular formula is C18H18N6O. The smallest absolute Gasteiger partial charge is 0.221 e. The highest BCUT2D eigenvalue weighted by atomic mass is 16.1. The zero-order valence-electron chi connectivity index (χ0n) is 13.7. The van der Waals surface area contributed by atoms with Crippen LogP contribution in [-0.2, 0) is 11.3 Å². The van der Waals surface area contributed by atoms with Gasteiger partial charge in [0.2, 0.25) is 5.91 Å². The number of nitrogens with one attached hydrogen (secondary N) is 3. The molecule has 0 aliphatic heterocycles. The maximum atomic E-state index is 11.2. The van der Waals surface area contributed by atoms with Gasteiger partial charge in [-0.3, -0.25) is 9.78 Å². The number of carbonyl (C=O) groups excluding carboxylic acids is 1. The summed E-state index contributed by atoms with van der Waals surface area (Å²) in [5, 5.41) is 9.19. The highest BCUT2D eigenvalue weighted by molar-refractivity contribution is 5.89. The van der Waals surface area contributed by atoms with Gasteiger partial charge < -0.3 is 16.0 Å². The Kier molecular flexibility index (Phi) is 5.16. The summed E-state index contributed by atoms with van der Waals surface area (Å²) in [4.78, 5) is 23.7. The van der Waals surface area contributed by atoms with Crippen molar-refractivity contribution < 1.29 is 4.79 Å². The number of pyridine rings is 1. The van der Waals surface area contributed by atoms with Crippen molar-refractivity contribution in [1.82, 2.24) is 15.0 Å². The Labute approximate surface area is 145 Å². The summed E-state index contributed by atoms with van der Waals surface area (Å²) in [6.07, 6.45) is 5.04. The number of hydrogen-bond acceptors (Lipinski definition) is 6. The van der Waals surface area contributed by atoms with Crippen molar-refractivity contribution >= 4 is 28.9 Å². The van der Waals surface area contributed by atoms with Gasteiger partial charge in [-0.05, 0) is 29.8 Å². The Bertz CT molecular complexity index is 853. The van der Waals surface area contributed by atoms with E-state index in [1.54, 1.807) is 12.4 Å². The molecule has 0 saturated carbocycles. The predicted molar refractivity (Wildman–Crippen MR) is 97.6 cm³/mol. The number of aromatic nitrogens is 3. The molecule has 0 aliphatic rings. The molecule has 3 rings (SSSR count). The average molecular weight is 334 g/mol. The minimum Gasteiger partial charge on any atom is -0.366 e. The van der Waals surface area contributed by atoms with Gasteiger partial charge in [-0.15, -0.1) is 0 Å². The van der Waals surface area contributed by atoms with E-state index < -0.39 is 0 Å². The van der Waals surface area contributed by atoms with Gasteiger partial charge >= 0.3 is 0 Å². The van der Waals surface area contributed by atoms with Crippen LogP contribution in [-0.4, -0.2) is 20.9 Å². The van der Waals surface area contributed by atoms with Crippen LogP contribution in [0.4, 0.5) is 23.0 Å². The minimum absolute atomic E-state index is 0.110. The molecule has 126 valence electrons. The lowest BCUT2D eigenvalue weighted by Gasteiger charge is -2.10. The van der Waals surface area contributed by atoms with E-state index in [0.29, 0.717) is 18.2 Å².